The summed E-state index contributed by atoms with van der Waals surface area (Å²) in [6.07, 6.45) is -2.77. The molecule has 0 aliphatic rings. The Labute approximate surface area is 117 Å². The van der Waals surface area contributed by atoms with Gasteiger partial charge in [0.1, 0.15) is 18.3 Å². The molecule has 0 amide bonds. The van der Waals surface area contributed by atoms with Crippen molar-refractivity contribution < 1.29 is 34.7 Å². The number of esters is 1. The molecule has 7 heteroatoms. The summed E-state index contributed by atoms with van der Waals surface area (Å²) in [6, 6.07) is 0. The Kier molecular flexibility index (Phi) is 8.28. The van der Waals surface area contributed by atoms with Crippen LogP contribution in [0.25, 0.3) is 0 Å². The van der Waals surface area contributed by atoms with Crippen molar-refractivity contribution in [3.05, 3.63) is 25.3 Å². The molecule has 20 heavy (non-hydrogen) atoms. The van der Waals surface area contributed by atoms with Crippen molar-refractivity contribution in [3.63, 3.8) is 0 Å². The predicted octanol–water partition coefficient (Wildman–Crippen LogP) is -1.25. The maximum atomic E-state index is 11.9. The summed E-state index contributed by atoms with van der Waals surface area (Å²) in [5.74, 6) is -0.934. The lowest BCUT2D eigenvalue weighted by Gasteiger charge is -2.37. The Morgan fingerprint density at radius 3 is 2.30 bits per heavy atom. The SMILES string of the molecule is C=CCO[C@@](CC=C)(C(=O)OC)[C@@H](O)[C@H](O)[C@H](O)CO. The second-order valence-electron chi connectivity index (χ2n) is 4.16. The number of aliphatic hydroxyl groups excluding tert-OH is 4. The first-order chi connectivity index (χ1) is 9.41. The molecule has 0 radical (unpaired) electrons. The van der Waals surface area contributed by atoms with E-state index in [1.54, 1.807) is 0 Å². The van der Waals surface area contributed by atoms with Gasteiger partial charge in [-0.1, -0.05) is 12.2 Å². The van der Waals surface area contributed by atoms with E-state index in [1.807, 2.05) is 0 Å². The van der Waals surface area contributed by atoms with E-state index < -0.39 is 36.5 Å². The van der Waals surface area contributed by atoms with Crippen molar-refractivity contribution in [2.75, 3.05) is 20.3 Å². The van der Waals surface area contributed by atoms with Crippen molar-refractivity contribution in [1.82, 2.24) is 0 Å². The minimum atomic E-state index is -1.94. The summed E-state index contributed by atoms with van der Waals surface area (Å²) in [7, 11) is 1.10. The van der Waals surface area contributed by atoms with Gasteiger partial charge in [-0.25, -0.2) is 4.79 Å². The first-order valence-corrected chi connectivity index (χ1v) is 6.00. The highest BCUT2D eigenvalue weighted by Crippen LogP contribution is 2.27. The highest BCUT2D eigenvalue weighted by atomic mass is 16.6. The van der Waals surface area contributed by atoms with Crippen LogP contribution in [0.15, 0.2) is 25.3 Å². The van der Waals surface area contributed by atoms with E-state index in [0.29, 0.717) is 0 Å². The van der Waals surface area contributed by atoms with Gasteiger partial charge in [-0.3, -0.25) is 0 Å². The van der Waals surface area contributed by atoms with Crippen LogP contribution in [0.1, 0.15) is 6.42 Å². The van der Waals surface area contributed by atoms with Crippen LogP contribution in [0.3, 0.4) is 0 Å². The molecule has 0 spiro atoms. The lowest BCUT2D eigenvalue weighted by atomic mass is 9.87. The third kappa shape index (κ3) is 4.12. The molecule has 4 N–H and O–H groups in total. The average molecular weight is 290 g/mol. The van der Waals surface area contributed by atoms with Gasteiger partial charge in [0.15, 0.2) is 5.60 Å². The largest absolute Gasteiger partial charge is 0.467 e. The molecule has 0 fully saturated rings. The molecule has 0 bridgehead atoms. The molecule has 116 valence electrons. The molecule has 0 aromatic heterocycles. The number of aliphatic hydroxyl groups is 4. The lowest BCUT2D eigenvalue weighted by molar-refractivity contribution is -0.204. The third-order valence-corrected chi connectivity index (χ3v) is 2.82. The van der Waals surface area contributed by atoms with E-state index in [0.717, 1.165) is 7.11 Å². The topological polar surface area (TPSA) is 116 Å². The van der Waals surface area contributed by atoms with Crippen molar-refractivity contribution in [3.8, 4) is 0 Å². The Morgan fingerprint density at radius 1 is 1.30 bits per heavy atom. The van der Waals surface area contributed by atoms with Gasteiger partial charge >= 0.3 is 5.97 Å². The quantitative estimate of drug-likeness (QED) is 0.293. The molecular formula is C13H22O7. The van der Waals surface area contributed by atoms with Crippen LogP contribution in [-0.2, 0) is 14.3 Å². The highest BCUT2D eigenvalue weighted by molar-refractivity contribution is 5.80. The van der Waals surface area contributed by atoms with E-state index in [2.05, 4.69) is 17.9 Å². The van der Waals surface area contributed by atoms with Crippen molar-refractivity contribution in [1.29, 1.82) is 0 Å². The van der Waals surface area contributed by atoms with Crippen LogP contribution in [0.2, 0.25) is 0 Å². The molecule has 0 saturated carbocycles. The van der Waals surface area contributed by atoms with Gasteiger partial charge in [-0.2, -0.15) is 0 Å². The zero-order valence-electron chi connectivity index (χ0n) is 11.4. The predicted molar refractivity (Wildman–Crippen MR) is 70.8 cm³/mol. The second-order valence-corrected chi connectivity index (χ2v) is 4.16. The lowest BCUT2D eigenvalue weighted by Crippen LogP contribution is -2.59. The zero-order chi connectivity index (χ0) is 15.8. The van der Waals surface area contributed by atoms with Gasteiger partial charge in [-0.15, -0.1) is 13.2 Å². The van der Waals surface area contributed by atoms with E-state index in [9.17, 15) is 20.1 Å². The van der Waals surface area contributed by atoms with E-state index in [4.69, 9.17) is 9.84 Å². The fourth-order valence-corrected chi connectivity index (χ4v) is 1.72. The smallest absolute Gasteiger partial charge is 0.341 e. The summed E-state index contributed by atoms with van der Waals surface area (Å²) in [5.41, 5.74) is -1.94. The summed E-state index contributed by atoms with van der Waals surface area (Å²) in [4.78, 5) is 11.9. The second kappa shape index (κ2) is 8.83. The maximum absolute atomic E-state index is 11.9. The number of rotatable bonds is 10. The Balaban J connectivity index is 5.48. The molecule has 0 aliphatic carbocycles. The summed E-state index contributed by atoms with van der Waals surface area (Å²) in [5, 5.41) is 38.1. The van der Waals surface area contributed by atoms with Crippen molar-refractivity contribution in [2.45, 2.75) is 30.3 Å². The van der Waals surface area contributed by atoms with Crippen LogP contribution in [0.4, 0.5) is 0 Å². The molecule has 0 aliphatic heterocycles. The molecule has 4 atom stereocenters. The van der Waals surface area contributed by atoms with Gasteiger partial charge in [-0.05, 0) is 0 Å². The Morgan fingerprint density at radius 2 is 1.90 bits per heavy atom. The minimum absolute atomic E-state index is 0.0953. The molecule has 7 nitrogen and oxygen atoms in total. The maximum Gasteiger partial charge on any atom is 0.341 e. The van der Waals surface area contributed by atoms with Crippen LogP contribution in [0, 0.1) is 0 Å². The summed E-state index contributed by atoms with van der Waals surface area (Å²) in [6.45, 7) is 6.00. The standard InChI is InChI=1S/C13H22O7/c1-4-6-13(12(18)19-3,20-7-5-2)11(17)10(16)9(15)8-14/h4-5,9-11,14-17H,1-2,6-8H2,3H3/t9-,10-,11+,13-/m1/s1. The number of hydrogen-bond acceptors (Lipinski definition) is 7. The summed E-state index contributed by atoms with van der Waals surface area (Å²) >= 11 is 0. The number of hydrogen-bond donors (Lipinski definition) is 4. The molecule has 0 aromatic carbocycles. The van der Waals surface area contributed by atoms with Crippen LogP contribution < -0.4 is 0 Å². The summed E-state index contributed by atoms with van der Waals surface area (Å²) < 4.78 is 9.87. The number of ether oxygens (including phenoxy) is 2. The zero-order valence-corrected chi connectivity index (χ0v) is 11.4. The fourth-order valence-electron chi connectivity index (χ4n) is 1.72. The van der Waals surface area contributed by atoms with Gasteiger partial charge in [0.2, 0.25) is 0 Å². The molecule has 0 heterocycles. The van der Waals surface area contributed by atoms with Crippen LogP contribution in [-0.4, -0.2) is 70.6 Å². The fraction of sp³-hybridized carbons (Fsp3) is 0.615. The number of carbonyl (C=O) groups is 1. The van der Waals surface area contributed by atoms with Gasteiger partial charge < -0.3 is 29.9 Å². The van der Waals surface area contributed by atoms with E-state index in [1.165, 1.54) is 12.2 Å². The van der Waals surface area contributed by atoms with Crippen molar-refractivity contribution >= 4 is 5.97 Å². The first-order valence-electron chi connectivity index (χ1n) is 6.00. The number of methoxy groups -OCH3 is 1. The monoisotopic (exact) mass is 290 g/mol. The molecule has 0 saturated heterocycles. The van der Waals surface area contributed by atoms with E-state index >= 15 is 0 Å². The Bertz CT molecular complexity index is 331. The van der Waals surface area contributed by atoms with Crippen molar-refractivity contribution in [2.24, 2.45) is 0 Å². The first kappa shape index (κ1) is 18.8. The Hall–Kier alpha value is -1.25. The normalized spacial score (nSPS) is 18.4. The van der Waals surface area contributed by atoms with Gasteiger partial charge in [0, 0.05) is 6.42 Å². The highest BCUT2D eigenvalue weighted by Gasteiger charge is 2.51. The van der Waals surface area contributed by atoms with Gasteiger partial charge in [0.05, 0.1) is 20.3 Å². The molecule has 0 unspecified atom stereocenters. The molecule has 0 aromatic rings. The molecular weight excluding hydrogens is 268 g/mol. The minimum Gasteiger partial charge on any atom is -0.467 e. The molecule has 0 rings (SSSR count). The third-order valence-electron chi connectivity index (χ3n) is 2.82. The van der Waals surface area contributed by atoms with Gasteiger partial charge in [0.25, 0.3) is 0 Å². The van der Waals surface area contributed by atoms with Crippen LogP contribution >= 0.6 is 0 Å². The van der Waals surface area contributed by atoms with E-state index in [-0.39, 0.29) is 13.0 Å². The van der Waals surface area contributed by atoms with Crippen LogP contribution in [0.5, 0.6) is 0 Å². The average Bonchev–Trinajstić information content (AvgIpc) is 2.48. The number of carbonyl (C=O) groups excluding carboxylic acids is 1.